The maximum atomic E-state index is 4.36. The molecule has 1 heterocycles. The number of benzene rings is 1. The first kappa shape index (κ1) is 15.2. The summed E-state index contributed by atoms with van der Waals surface area (Å²) in [5, 5.41) is 8.70. The highest BCUT2D eigenvalue weighted by atomic mass is 79.9. The second kappa shape index (κ2) is 5.68. The molecule has 0 aliphatic heterocycles. The summed E-state index contributed by atoms with van der Waals surface area (Å²) < 4.78 is 3.09. The van der Waals surface area contributed by atoms with Gasteiger partial charge in [0.1, 0.15) is 0 Å². The predicted molar refractivity (Wildman–Crippen MR) is 85.8 cm³/mol. The average molecular weight is 336 g/mol. The van der Waals surface area contributed by atoms with E-state index in [2.05, 4.69) is 91.3 Å². The number of hydrogen-bond donors (Lipinski definition) is 0. The summed E-state index contributed by atoms with van der Waals surface area (Å²) in [6.45, 7) is 10.9. The van der Waals surface area contributed by atoms with Gasteiger partial charge in [0.05, 0.1) is 11.7 Å². The van der Waals surface area contributed by atoms with Crippen LogP contribution in [0.4, 0.5) is 0 Å². The Hall–Kier alpha value is -1.16. The molecule has 2 aromatic rings. The Balaban J connectivity index is 2.39. The summed E-state index contributed by atoms with van der Waals surface area (Å²) in [5.74, 6) is 0.450. The van der Waals surface area contributed by atoms with E-state index in [4.69, 9.17) is 0 Å². The molecule has 0 bridgehead atoms. The van der Waals surface area contributed by atoms with E-state index in [1.807, 2.05) is 4.68 Å². The maximum absolute atomic E-state index is 4.36. The van der Waals surface area contributed by atoms with Crippen LogP contribution in [0.5, 0.6) is 0 Å². The van der Waals surface area contributed by atoms with Crippen LogP contribution in [-0.4, -0.2) is 15.0 Å². The maximum Gasteiger partial charge on any atom is 0.0880 e. The van der Waals surface area contributed by atoms with Crippen LogP contribution in [0.2, 0.25) is 0 Å². The highest BCUT2D eigenvalue weighted by molar-refractivity contribution is 9.10. The Morgan fingerprint density at radius 2 is 1.70 bits per heavy atom. The first-order chi connectivity index (χ1) is 9.29. The van der Waals surface area contributed by atoms with Crippen molar-refractivity contribution < 1.29 is 0 Å². The third kappa shape index (κ3) is 3.29. The van der Waals surface area contributed by atoms with Gasteiger partial charge in [-0.2, -0.15) is 0 Å². The standard InChI is InChI=1S/C16H22BrN3/c1-11(2)15(12-6-8-13(17)9-7-12)20-10-14(18-19-20)16(3,4)5/h6-11,15H,1-5H3/t15-/m0/s1. The zero-order chi connectivity index (χ0) is 14.9. The molecule has 1 atom stereocenters. The van der Waals surface area contributed by atoms with Crippen LogP contribution in [0, 0.1) is 5.92 Å². The molecule has 0 aliphatic carbocycles. The molecule has 0 spiro atoms. The van der Waals surface area contributed by atoms with Gasteiger partial charge in [-0.1, -0.05) is 67.9 Å². The van der Waals surface area contributed by atoms with Gasteiger partial charge in [0, 0.05) is 16.1 Å². The van der Waals surface area contributed by atoms with Gasteiger partial charge >= 0.3 is 0 Å². The lowest BCUT2D eigenvalue weighted by molar-refractivity contribution is 0.394. The third-order valence-corrected chi connectivity index (χ3v) is 3.94. The molecule has 3 nitrogen and oxygen atoms in total. The van der Waals surface area contributed by atoms with Crippen LogP contribution in [0.1, 0.15) is 51.9 Å². The van der Waals surface area contributed by atoms with E-state index in [9.17, 15) is 0 Å². The Labute approximate surface area is 129 Å². The van der Waals surface area contributed by atoms with E-state index in [-0.39, 0.29) is 11.5 Å². The zero-order valence-corrected chi connectivity index (χ0v) is 14.3. The van der Waals surface area contributed by atoms with E-state index < -0.39 is 0 Å². The third-order valence-electron chi connectivity index (χ3n) is 3.41. The Bertz CT molecular complexity index is 564. The lowest BCUT2D eigenvalue weighted by Crippen LogP contribution is -2.17. The summed E-state index contributed by atoms with van der Waals surface area (Å²) in [4.78, 5) is 0. The topological polar surface area (TPSA) is 30.7 Å². The molecule has 0 saturated heterocycles. The highest BCUT2D eigenvalue weighted by Gasteiger charge is 2.23. The van der Waals surface area contributed by atoms with Crippen molar-refractivity contribution in [3.05, 3.63) is 46.2 Å². The van der Waals surface area contributed by atoms with Crippen LogP contribution in [0.15, 0.2) is 34.9 Å². The molecule has 20 heavy (non-hydrogen) atoms. The average Bonchev–Trinajstić information content (AvgIpc) is 2.80. The minimum absolute atomic E-state index is 0.0273. The monoisotopic (exact) mass is 335 g/mol. The first-order valence-corrected chi connectivity index (χ1v) is 7.76. The first-order valence-electron chi connectivity index (χ1n) is 6.97. The van der Waals surface area contributed by atoms with Gasteiger partial charge in [-0.15, -0.1) is 5.10 Å². The van der Waals surface area contributed by atoms with E-state index in [1.54, 1.807) is 0 Å². The summed E-state index contributed by atoms with van der Waals surface area (Å²) in [6.07, 6.45) is 2.08. The smallest absolute Gasteiger partial charge is 0.0880 e. The fourth-order valence-electron chi connectivity index (χ4n) is 2.26. The summed E-state index contributed by atoms with van der Waals surface area (Å²) in [6, 6.07) is 8.66. The lowest BCUT2D eigenvalue weighted by atomic mass is 9.92. The molecular formula is C16H22BrN3. The van der Waals surface area contributed by atoms with Crippen LogP contribution >= 0.6 is 15.9 Å². The molecule has 0 unspecified atom stereocenters. The SMILES string of the molecule is CC(C)[C@@H](c1ccc(Br)cc1)n1cc(C(C)(C)C)nn1. The van der Waals surface area contributed by atoms with Crippen molar-refractivity contribution in [1.29, 1.82) is 0 Å². The van der Waals surface area contributed by atoms with E-state index >= 15 is 0 Å². The fraction of sp³-hybridized carbons (Fsp3) is 0.500. The van der Waals surface area contributed by atoms with Crippen molar-refractivity contribution in [2.45, 2.75) is 46.1 Å². The van der Waals surface area contributed by atoms with Crippen LogP contribution in [-0.2, 0) is 5.41 Å². The van der Waals surface area contributed by atoms with Crippen molar-refractivity contribution >= 4 is 15.9 Å². The van der Waals surface area contributed by atoms with Crippen molar-refractivity contribution in [2.24, 2.45) is 5.92 Å². The van der Waals surface area contributed by atoms with Crippen LogP contribution in [0.3, 0.4) is 0 Å². The summed E-state index contributed by atoms with van der Waals surface area (Å²) in [5.41, 5.74) is 2.31. The molecule has 1 aromatic heterocycles. The minimum Gasteiger partial charge on any atom is -0.245 e. The molecule has 0 amide bonds. The van der Waals surface area contributed by atoms with Gasteiger partial charge in [-0.25, -0.2) is 4.68 Å². The van der Waals surface area contributed by atoms with E-state index in [0.717, 1.165) is 10.2 Å². The van der Waals surface area contributed by atoms with Gasteiger partial charge in [0.2, 0.25) is 0 Å². The molecular weight excluding hydrogens is 314 g/mol. The minimum atomic E-state index is 0.0273. The second-order valence-electron chi connectivity index (χ2n) is 6.57. The van der Waals surface area contributed by atoms with Crippen LogP contribution in [0.25, 0.3) is 0 Å². The molecule has 0 N–H and O–H groups in total. The second-order valence-corrected chi connectivity index (χ2v) is 7.49. The number of hydrogen-bond acceptors (Lipinski definition) is 2. The Kier molecular flexibility index (Phi) is 4.33. The number of nitrogens with zero attached hydrogens (tertiary/aromatic N) is 3. The van der Waals surface area contributed by atoms with Crippen molar-refractivity contribution in [2.75, 3.05) is 0 Å². The molecule has 4 heteroatoms. The predicted octanol–water partition coefficient (Wildman–Crippen LogP) is 4.58. The molecule has 1 aromatic carbocycles. The fourth-order valence-corrected chi connectivity index (χ4v) is 2.52. The van der Waals surface area contributed by atoms with Crippen molar-refractivity contribution in [1.82, 2.24) is 15.0 Å². The molecule has 0 aliphatic rings. The van der Waals surface area contributed by atoms with Gasteiger partial charge in [-0.05, 0) is 23.6 Å². The molecule has 0 radical (unpaired) electrons. The van der Waals surface area contributed by atoms with E-state index in [1.165, 1.54) is 5.56 Å². The number of rotatable bonds is 3. The Morgan fingerprint density at radius 1 is 1.10 bits per heavy atom. The van der Waals surface area contributed by atoms with Crippen LogP contribution < -0.4 is 0 Å². The highest BCUT2D eigenvalue weighted by Crippen LogP contribution is 2.28. The van der Waals surface area contributed by atoms with Gasteiger partial charge in [0.15, 0.2) is 0 Å². The van der Waals surface area contributed by atoms with E-state index in [0.29, 0.717) is 5.92 Å². The molecule has 108 valence electrons. The molecule has 0 saturated carbocycles. The largest absolute Gasteiger partial charge is 0.245 e. The van der Waals surface area contributed by atoms with Gasteiger partial charge < -0.3 is 0 Å². The number of aromatic nitrogens is 3. The van der Waals surface area contributed by atoms with Gasteiger partial charge in [0.25, 0.3) is 0 Å². The normalized spacial score (nSPS) is 13.8. The van der Waals surface area contributed by atoms with Crippen molar-refractivity contribution in [3.63, 3.8) is 0 Å². The lowest BCUT2D eigenvalue weighted by Gasteiger charge is -2.21. The summed E-state index contributed by atoms with van der Waals surface area (Å²) >= 11 is 3.48. The summed E-state index contributed by atoms with van der Waals surface area (Å²) in [7, 11) is 0. The van der Waals surface area contributed by atoms with Gasteiger partial charge in [-0.3, -0.25) is 0 Å². The Morgan fingerprint density at radius 3 is 2.15 bits per heavy atom. The van der Waals surface area contributed by atoms with Crippen molar-refractivity contribution in [3.8, 4) is 0 Å². The zero-order valence-electron chi connectivity index (χ0n) is 12.8. The quantitative estimate of drug-likeness (QED) is 0.821. The molecule has 0 fully saturated rings. The molecule has 2 rings (SSSR count). The number of halogens is 1.